The van der Waals surface area contributed by atoms with Crippen LogP contribution in [0.2, 0.25) is 0 Å². The summed E-state index contributed by atoms with van der Waals surface area (Å²) < 4.78 is 63.9. The van der Waals surface area contributed by atoms with E-state index in [4.69, 9.17) is 0 Å². The predicted molar refractivity (Wildman–Crippen MR) is 81.7 cm³/mol. The van der Waals surface area contributed by atoms with Gasteiger partial charge in [-0.15, -0.1) is 0 Å². The zero-order chi connectivity index (χ0) is 16.4. The lowest BCUT2D eigenvalue weighted by Gasteiger charge is -2.23. The molecule has 0 atom stereocenters. The lowest BCUT2D eigenvalue weighted by atomic mass is 10.2. The van der Waals surface area contributed by atoms with E-state index in [-0.39, 0.29) is 15.9 Å². The highest BCUT2D eigenvalue weighted by Gasteiger charge is 2.37. The Morgan fingerprint density at radius 2 is 1.76 bits per heavy atom. The number of benzene rings is 1. The molecule has 120 valence electrons. The molecule has 1 aromatic rings. The number of nitrogens with zero attached hydrogens (tertiary/aromatic N) is 1. The van der Waals surface area contributed by atoms with Crippen LogP contribution in [0.5, 0.6) is 0 Å². The molecule has 0 aliphatic carbocycles. The van der Waals surface area contributed by atoms with E-state index >= 15 is 0 Å². The van der Waals surface area contributed by atoms with Gasteiger partial charge in [0.1, 0.15) is 6.54 Å². The van der Waals surface area contributed by atoms with Crippen LogP contribution >= 0.6 is 31.9 Å². The lowest BCUT2D eigenvalue weighted by molar-refractivity contribution is -0.136. The fourth-order valence-electron chi connectivity index (χ4n) is 1.70. The van der Waals surface area contributed by atoms with Gasteiger partial charge in [-0.05, 0) is 47.0 Å². The van der Waals surface area contributed by atoms with Gasteiger partial charge in [-0.1, -0.05) is 22.9 Å². The Labute approximate surface area is 138 Å². The lowest BCUT2D eigenvalue weighted by Crippen LogP contribution is -2.39. The molecule has 21 heavy (non-hydrogen) atoms. The Bertz CT molecular complexity index is 618. The Morgan fingerprint density at radius 3 is 2.24 bits per heavy atom. The summed E-state index contributed by atoms with van der Waals surface area (Å²) in [5, 5.41) is 0. The second-order valence-electron chi connectivity index (χ2n) is 4.49. The number of hydrogen-bond donors (Lipinski definition) is 0. The summed E-state index contributed by atoms with van der Waals surface area (Å²) in [5.41, 5.74) is 0.777. The first-order valence-corrected chi connectivity index (χ1v) is 9.04. The first kappa shape index (κ1) is 18.9. The molecule has 3 nitrogen and oxygen atoms in total. The van der Waals surface area contributed by atoms with Crippen molar-refractivity contribution in [1.29, 1.82) is 0 Å². The van der Waals surface area contributed by atoms with E-state index in [1.807, 2.05) is 0 Å². The van der Waals surface area contributed by atoms with Crippen LogP contribution in [0.4, 0.5) is 13.2 Å². The van der Waals surface area contributed by atoms with E-state index in [1.54, 1.807) is 19.9 Å². The summed E-state index contributed by atoms with van der Waals surface area (Å²) in [6.07, 6.45) is -4.30. The summed E-state index contributed by atoms with van der Waals surface area (Å²) in [5.74, 6) is 0. The highest BCUT2D eigenvalue weighted by molar-refractivity contribution is 9.11. The molecule has 0 amide bonds. The molecule has 0 fully saturated rings. The fraction of sp³-hybridized carbons (Fsp3) is 0.500. The van der Waals surface area contributed by atoms with Gasteiger partial charge in [-0.2, -0.15) is 17.5 Å². The number of rotatable bonds is 5. The van der Waals surface area contributed by atoms with Gasteiger partial charge in [0.25, 0.3) is 0 Å². The summed E-state index contributed by atoms with van der Waals surface area (Å²) in [6.45, 7) is 1.69. The van der Waals surface area contributed by atoms with E-state index < -0.39 is 22.7 Å². The third-order valence-electron chi connectivity index (χ3n) is 2.66. The first-order chi connectivity index (χ1) is 9.49. The molecule has 0 saturated heterocycles. The largest absolute Gasteiger partial charge is 0.402 e. The maximum absolute atomic E-state index is 12.6. The van der Waals surface area contributed by atoms with Gasteiger partial charge in [-0.3, -0.25) is 0 Å². The molecule has 0 aliphatic rings. The predicted octanol–water partition coefficient (Wildman–Crippen LogP) is 4.48. The second-order valence-corrected chi connectivity index (χ2v) is 8.10. The van der Waals surface area contributed by atoms with Crippen LogP contribution < -0.4 is 0 Å². The van der Waals surface area contributed by atoms with Gasteiger partial charge in [0.15, 0.2) is 0 Å². The SMILES string of the molecule is CCCN(CC(F)(F)F)S(=O)(=O)c1cc(Br)c(C)cc1Br. The van der Waals surface area contributed by atoms with E-state index in [9.17, 15) is 21.6 Å². The molecule has 0 unspecified atom stereocenters. The van der Waals surface area contributed by atoms with Crippen LogP contribution in [-0.2, 0) is 10.0 Å². The molecule has 0 saturated carbocycles. The minimum atomic E-state index is -4.59. The number of aryl methyl sites for hydroxylation is 1. The van der Waals surface area contributed by atoms with Crippen molar-refractivity contribution in [2.45, 2.75) is 31.3 Å². The van der Waals surface area contributed by atoms with E-state index in [1.165, 1.54) is 6.07 Å². The van der Waals surface area contributed by atoms with Crippen molar-refractivity contribution in [1.82, 2.24) is 4.31 Å². The van der Waals surface area contributed by atoms with Crippen molar-refractivity contribution in [3.05, 3.63) is 26.6 Å². The third-order valence-corrected chi connectivity index (χ3v) is 6.32. The number of halogens is 5. The molecule has 0 N–H and O–H groups in total. The minimum absolute atomic E-state index is 0.183. The van der Waals surface area contributed by atoms with Crippen LogP contribution in [0.25, 0.3) is 0 Å². The van der Waals surface area contributed by atoms with E-state index in [0.717, 1.165) is 5.56 Å². The molecule has 1 aromatic carbocycles. The third kappa shape index (κ3) is 4.94. The first-order valence-electron chi connectivity index (χ1n) is 6.01. The molecule has 0 spiro atoms. The molecule has 0 aliphatic heterocycles. The Morgan fingerprint density at radius 1 is 1.19 bits per heavy atom. The maximum Gasteiger partial charge on any atom is 0.402 e. The molecule has 0 heterocycles. The summed E-state index contributed by atoms with van der Waals surface area (Å²) in [4.78, 5) is -0.183. The molecule has 1 rings (SSSR count). The molecule has 0 bridgehead atoms. The monoisotopic (exact) mass is 451 g/mol. The van der Waals surface area contributed by atoms with Crippen LogP contribution in [0.1, 0.15) is 18.9 Å². The van der Waals surface area contributed by atoms with Crippen molar-refractivity contribution in [3.63, 3.8) is 0 Å². The molecule has 0 radical (unpaired) electrons. The maximum atomic E-state index is 12.6. The van der Waals surface area contributed by atoms with Gasteiger partial charge >= 0.3 is 6.18 Å². The summed E-state index contributed by atoms with van der Waals surface area (Å²) >= 11 is 6.30. The minimum Gasteiger partial charge on any atom is -0.207 e. The smallest absolute Gasteiger partial charge is 0.207 e. The van der Waals surface area contributed by atoms with Crippen LogP contribution in [0.15, 0.2) is 26.0 Å². The molecule has 9 heteroatoms. The molecule has 0 aromatic heterocycles. The standard InChI is InChI=1S/C12H14Br2F3NO2S/c1-3-4-18(7-12(15,16)17)21(19,20)11-6-9(13)8(2)5-10(11)14/h5-6H,3-4,7H2,1-2H3. The quantitative estimate of drug-likeness (QED) is 0.660. The Balaban J connectivity index is 3.32. The van der Waals surface area contributed by atoms with E-state index in [2.05, 4.69) is 31.9 Å². The number of hydrogen-bond acceptors (Lipinski definition) is 2. The molecular formula is C12H14Br2F3NO2S. The van der Waals surface area contributed by atoms with Gasteiger partial charge in [-0.25, -0.2) is 8.42 Å². The fourth-order valence-corrected chi connectivity index (χ4v) is 4.85. The normalized spacial score (nSPS) is 13.0. The average molecular weight is 453 g/mol. The summed E-state index contributed by atoms with van der Waals surface area (Å²) in [6, 6.07) is 2.86. The van der Waals surface area contributed by atoms with Crippen molar-refractivity contribution < 1.29 is 21.6 Å². The van der Waals surface area contributed by atoms with Gasteiger partial charge < -0.3 is 0 Å². The topological polar surface area (TPSA) is 37.4 Å². The Hall–Kier alpha value is -0.120. The Kier molecular flexibility index (Phi) is 6.28. The van der Waals surface area contributed by atoms with Crippen molar-refractivity contribution in [3.8, 4) is 0 Å². The van der Waals surface area contributed by atoms with E-state index in [0.29, 0.717) is 15.2 Å². The highest BCUT2D eigenvalue weighted by Crippen LogP contribution is 2.32. The van der Waals surface area contributed by atoms with Gasteiger partial charge in [0.2, 0.25) is 10.0 Å². The van der Waals surface area contributed by atoms with Crippen LogP contribution in [0.3, 0.4) is 0 Å². The summed E-state index contributed by atoms with van der Waals surface area (Å²) in [7, 11) is -4.23. The zero-order valence-electron chi connectivity index (χ0n) is 11.3. The molecular weight excluding hydrogens is 439 g/mol. The second kappa shape index (κ2) is 6.97. The van der Waals surface area contributed by atoms with Gasteiger partial charge in [0, 0.05) is 15.5 Å². The van der Waals surface area contributed by atoms with Crippen molar-refractivity contribution >= 4 is 41.9 Å². The van der Waals surface area contributed by atoms with Gasteiger partial charge in [0.05, 0.1) is 4.90 Å². The van der Waals surface area contributed by atoms with Crippen LogP contribution in [-0.4, -0.2) is 32.0 Å². The zero-order valence-corrected chi connectivity index (χ0v) is 15.3. The van der Waals surface area contributed by atoms with Crippen molar-refractivity contribution in [2.24, 2.45) is 0 Å². The average Bonchev–Trinajstić information content (AvgIpc) is 2.31. The number of sulfonamides is 1. The number of alkyl halides is 3. The van der Waals surface area contributed by atoms with Crippen LogP contribution in [0, 0.1) is 6.92 Å². The highest BCUT2D eigenvalue weighted by atomic mass is 79.9. The van der Waals surface area contributed by atoms with Crippen molar-refractivity contribution in [2.75, 3.05) is 13.1 Å².